The van der Waals surface area contributed by atoms with Crippen LogP contribution in [0.4, 0.5) is 0 Å². The molecule has 1 aliphatic rings. The fourth-order valence-corrected chi connectivity index (χ4v) is 2.39. The molecule has 0 aliphatic carbocycles. The molecule has 2 unspecified atom stereocenters. The number of amides is 1. The molecule has 1 heterocycles. The molecular formula is C13H17ClN2O. The van der Waals surface area contributed by atoms with Gasteiger partial charge in [0.2, 0.25) is 0 Å². The summed E-state index contributed by atoms with van der Waals surface area (Å²) in [6, 6.07) is 7.84. The highest BCUT2D eigenvalue weighted by atomic mass is 35.5. The number of piperidine rings is 1. The van der Waals surface area contributed by atoms with Gasteiger partial charge in [0, 0.05) is 12.1 Å². The molecule has 2 N–H and O–H groups in total. The molecule has 1 aromatic carbocycles. The van der Waals surface area contributed by atoms with Crippen molar-refractivity contribution in [2.75, 3.05) is 6.54 Å². The Hall–Kier alpha value is -1.06. The minimum Gasteiger partial charge on any atom is -0.349 e. The van der Waals surface area contributed by atoms with Crippen LogP contribution in [-0.4, -0.2) is 24.5 Å². The van der Waals surface area contributed by atoms with E-state index < -0.39 is 0 Å². The van der Waals surface area contributed by atoms with Gasteiger partial charge in [0.15, 0.2) is 0 Å². The number of halogens is 1. The van der Waals surface area contributed by atoms with Crippen molar-refractivity contribution in [2.24, 2.45) is 0 Å². The topological polar surface area (TPSA) is 41.1 Å². The molecular weight excluding hydrogens is 236 g/mol. The predicted molar refractivity (Wildman–Crippen MR) is 69.4 cm³/mol. The van der Waals surface area contributed by atoms with Crippen LogP contribution < -0.4 is 10.6 Å². The molecule has 0 radical (unpaired) electrons. The first-order chi connectivity index (χ1) is 8.16. The Morgan fingerprint density at radius 3 is 2.94 bits per heavy atom. The average Bonchev–Trinajstić information content (AvgIpc) is 2.29. The van der Waals surface area contributed by atoms with Gasteiger partial charge in [-0.05, 0) is 38.4 Å². The van der Waals surface area contributed by atoms with Crippen molar-refractivity contribution in [3.8, 4) is 0 Å². The number of carbonyl (C=O) groups is 1. The third-order valence-electron chi connectivity index (χ3n) is 3.08. The van der Waals surface area contributed by atoms with Crippen molar-refractivity contribution in [3.05, 3.63) is 34.9 Å². The van der Waals surface area contributed by atoms with Crippen LogP contribution >= 0.6 is 11.6 Å². The summed E-state index contributed by atoms with van der Waals surface area (Å²) in [7, 11) is 0. The molecule has 2 rings (SSSR count). The molecule has 0 spiro atoms. The van der Waals surface area contributed by atoms with Gasteiger partial charge < -0.3 is 10.6 Å². The smallest absolute Gasteiger partial charge is 0.253 e. The van der Waals surface area contributed by atoms with Crippen molar-refractivity contribution in [1.29, 1.82) is 0 Å². The van der Waals surface area contributed by atoms with Crippen LogP contribution in [0.15, 0.2) is 24.3 Å². The Labute approximate surface area is 107 Å². The summed E-state index contributed by atoms with van der Waals surface area (Å²) in [5.41, 5.74) is 0.556. The SMILES string of the molecule is CC1CC(NC(=O)c2ccccc2Cl)CCN1. The van der Waals surface area contributed by atoms with Crippen molar-refractivity contribution < 1.29 is 4.79 Å². The standard InChI is InChI=1S/C13H17ClN2O/c1-9-8-10(6-7-15-9)16-13(17)11-4-2-3-5-12(11)14/h2-5,9-10,15H,6-8H2,1H3,(H,16,17). The fraction of sp³-hybridized carbons (Fsp3) is 0.462. The lowest BCUT2D eigenvalue weighted by atomic mass is 10.0. The lowest BCUT2D eigenvalue weighted by Gasteiger charge is -2.28. The second kappa shape index (κ2) is 5.52. The van der Waals surface area contributed by atoms with Crippen LogP contribution in [0.2, 0.25) is 5.02 Å². The van der Waals surface area contributed by atoms with Crippen LogP contribution in [0.5, 0.6) is 0 Å². The minimum absolute atomic E-state index is 0.0744. The van der Waals surface area contributed by atoms with Gasteiger partial charge in [-0.15, -0.1) is 0 Å². The summed E-state index contributed by atoms with van der Waals surface area (Å²) in [6.45, 7) is 3.09. The van der Waals surface area contributed by atoms with E-state index in [9.17, 15) is 4.79 Å². The van der Waals surface area contributed by atoms with Crippen molar-refractivity contribution in [2.45, 2.75) is 31.8 Å². The Bertz CT molecular complexity index is 408. The summed E-state index contributed by atoms with van der Waals surface area (Å²) in [5.74, 6) is -0.0744. The van der Waals surface area contributed by atoms with Crippen molar-refractivity contribution >= 4 is 17.5 Å². The second-order valence-corrected chi connectivity index (χ2v) is 4.94. The average molecular weight is 253 g/mol. The molecule has 92 valence electrons. The van der Waals surface area contributed by atoms with Gasteiger partial charge in [0.25, 0.3) is 5.91 Å². The van der Waals surface area contributed by atoms with Gasteiger partial charge >= 0.3 is 0 Å². The van der Waals surface area contributed by atoms with Crippen LogP contribution in [0.25, 0.3) is 0 Å². The lowest BCUT2D eigenvalue weighted by molar-refractivity contribution is 0.0926. The quantitative estimate of drug-likeness (QED) is 0.847. The predicted octanol–water partition coefficient (Wildman–Crippen LogP) is 2.21. The Balaban J connectivity index is 1.99. The molecule has 3 nitrogen and oxygen atoms in total. The molecule has 4 heteroatoms. The number of carbonyl (C=O) groups excluding carboxylic acids is 1. The molecule has 1 saturated heterocycles. The van der Waals surface area contributed by atoms with Gasteiger partial charge in [-0.1, -0.05) is 23.7 Å². The molecule has 1 aromatic rings. The van der Waals surface area contributed by atoms with E-state index in [2.05, 4.69) is 17.6 Å². The molecule has 1 amide bonds. The van der Waals surface area contributed by atoms with Gasteiger partial charge in [-0.3, -0.25) is 4.79 Å². The Kier molecular flexibility index (Phi) is 4.02. The summed E-state index contributed by atoms with van der Waals surface area (Å²) < 4.78 is 0. The molecule has 0 bridgehead atoms. The fourth-order valence-electron chi connectivity index (χ4n) is 2.17. The third-order valence-corrected chi connectivity index (χ3v) is 3.41. The first kappa shape index (κ1) is 12.4. The highest BCUT2D eigenvalue weighted by molar-refractivity contribution is 6.33. The maximum Gasteiger partial charge on any atom is 0.253 e. The number of hydrogen-bond donors (Lipinski definition) is 2. The van der Waals surface area contributed by atoms with Crippen molar-refractivity contribution in [1.82, 2.24) is 10.6 Å². The number of hydrogen-bond acceptors (Lipinski definition) is 2. The molecule has 2 atom stereocenters. The van der Waals surface area contributed by atoms with E-state index in [0.29, 0.717) is 16.6 Å². The van der Waals surface area contributed by atoms with E-state index in [0.717, 1.165) is 19.4 Å². The zero-order chi connectivity index (χ0) is 12.3. The Morgan fingerprint density at radius 1 is 1.47 bits per heavy atom. The molecule has 0 aromatic heterocycles. The number of rotatable bonds is 2. The summed E-state index contributed by atoms with van der Waals surface area (Å²) in [6.07, 6.45) is 1.94. The van der Waals surface area contributed by atoms with Crippen LogP contribution in [0, 0.1) is 0 Å². The van der Waals surface area contributed by atoms with E-state index in [1.54, 1.807) is 12.1 Å². The van der Waals surface area contributed by atoms with Gasteiger partial charge in [0.1, 0.15) is 0 Å². The molecule has 0 saturated carbocycles. The normalized spacial score (nSPS) is 24.4. The van der Waals surface area contributed by atoms with E-state index in [4.69, 9.17) is 11.6 Å². The lowest BCUT2D eigenvalue weighted by Crippen LogP contribution is -2.46. The van der Waals surface area contributed by atoms with Gasteiger partial charge in [0.05, 0.1) is 10.6 Å². The van der Waals surface area contributed by atoms with E-state index in [1.165, 1.54) is 0 Å². The summed E-state index contributed by atoms with van der Waals surface area (Å²) in [5, 5.41) is 6.91. The largest absolute Gasteiger partial charge is 0.349 e. The molecule has 17 heavy (non-hydrogen) atoms. The Morgan fingerprint density at radius 2 is 2.24 bits per heavy atom. The van der Waals surface area contributed by atoms with Crippen LogP contribution in [-0.2, 0) is 0 Å². The van der Waals surface area contributed by atoms with Crippen LogP contribution in [0.3, 0.4) is 0 Å². The highest BCUT2D eigenvalue weighted by Gasteiger charge is 2.21. The maximum atomic E-state index is 12.0. The molecule has 1 fully saturated rings. The monoisotopic (exact) mass is 252 g/mol. The summed E-state index contributed by atoms with van der Waals surface area (Å²) >= 11 is 5.99. The number of nitrogens with one attached hydrogen (secondary N) is 2. The van der Waals surface area contributed by atoms with Crippen molar-refractivity contribution in [3.63, 3.8) is 0 Å². The second-order valence-electron chi connectivity index (χ2n) is 4.53. The third kappa shape index (κ3) is 3.20. The first-order valence-corrected chi connectivity index (χ1v) is 6.33. The van der Waals surface area contributed by atoms with Gasteiger partial charge in [-0.2, -0.15) is 0 Å². The molecule has 1 aliphatic heterocycles. The summed E-state index contributed by atoms with van der Waals surface area (Å²) in [4.78, 5) is 12.0. The van der Waals surface area contributed by atoms with E-state index in [1.807, 2.05) is 12.1 Å². The van der Waals surface area contributed by atoms with Gasteiger partial charge in [-0.25, -0.2) is 0 Å². The maximum absolute atomic E-state index is 12.0. The van der Waals surface area contributed by atoms with Crippen LogP contribution in [0.1, 0.15) is 30.1 Å². The highest BCUT2D eigenvalue weighted by Crippen LogP contribution is 2.16. The zero-order valence-electron chi connectivity index (χ0n) is 9.87. The number of benzene rings is 1. The first-order valence-electron chi connectivity index (χ1n) is 5.95. The zero-order valence-corrected chi connectivity index (χ0v) is 10.6. The minimum atomic E-state index is -0.0744. The van der Waals surface area contributed by atoms with E-state index in [-0.39, 0.29) is 11.9 Å². The van der Waals surface area contributed by atoms with E-state index >= 15 is 0 Å².